The van der Waals surface area contributed by atoms with Crippen molar-refractivity contribution in [2.75, 3.05) is 76.2 Å². The van der Waals surface area contributed by atoms with Crippen molar-refractivity contribution in [3.8, 4) is 11.4 Å². The van der Waals surface area contributed by atoms with Gasteiger partial charge < -0.3 is 24.8 Å². The van der Waals surface area contributed by atoms with Gasteiger partial charge in [0.1, 0.15) is 11.6 Å². The Bertz CT molecular complexity index is 906. The summed E-state index contributed by atoms with van der Waals surface area (Å²) in [5, 5.41) is 3.60. The molecule has 8 nitrogen and oxygen atoms in total. The molecule has 178 valence electrons. The molecule has 3 aliphatic heterocycles. The molecule has 5 rings (SSSR count). The summed E-state index contributed by atoms with van der Waals surface area (Å²) >= 11 is 0. The third-order valence-corrected chi connectivity index (χ3v) is 7.05. The highest BCUT2D eigenvalue weighted by Crippen LogP contribution is 2.27. The number of anilines is 2. The Morgan fingerprint density at radius 1 is 1.00 bits per heavy atom. The van der Waals surface area contributed by atoms with Crippen molar-refractivity contribution >= 4 is 11.6 Å². The van der Waals surface area contributed by atoms with Gasteiger partial charge in [0.15, 0.2) is 5.82 Å². The molecule has 0 bridgehead atoms. The van der Waals surface area contributed by atoms with Crippen LogP contribution < -0.4 is 10.2 Å². The lowest BCUT2D eigenvalue weighted by Gasteiger charge is -2.33. The van der Waals surface area contributed by atoms with Crippen LogP contribution in [0.25, 0.3) is 11.4 Å². The van der Waals surface area contributed by atoms with Crippen LogP contribution in [-0.4, -0.2) is 90.8 Å². The standard InChI is InChI=1S/C25H37N7O/c1-30-13-15-32(16-14-30)23-7-6-20(18-27-23)24-28-22-8-17-33-19-21(22)25(29-24)26-9-5-12-31-10-3-2-4-11-31/h6-7,18H,2-5,8-17,19H2,1H3,(H,26,28,29). The van der Waals surface area contributed by atoms with Gasteiger partial charge in [0, 0.05) is 56.5 Å². The molecule has 0 spiro atoms. The monoisotopic (exact) mass is 451 g/mol. The van der Waals surface area contributed by atoms with Crippen LogP contribution >= 0.6 is 0 Å². The van der Waals surface area contributed by atoms with Crippen molar-refractivity contribution in [3.05, 3.63) is 29.6 Å². The van der Waals surface area contributed by atoms with Gasteiger partial charge in [-0.1, -0.05) is 6.42 Å². The van der Waals surface area contributed by atoms with E-state index in [9.17, 15) is 0 Å². The maximum absolute atomic E-state index is 5.72. The molecule has 0 saturated carbocycles. The Balaban J connectivity index is 1.27. The van der Waals surface area contributed by atoms with Gasteiger partial charge in [-0.3, -0.25) is 0 Å². The van der Waals surface area contributed by atoms with E-state index in [2.05, 4.69) is 39.2 Å². The molecule has 0 unspecified atom stereocenters. The quantitative estimate of drug-likeness (QED) is 0.645. The second-order valence-electron chi connectivity index (χ2n) is 9.50. The normalized spacial score (nSPS) is 20.0. The van der Waals surface area contributed by atoms with Gasteiger partial charge in [-0.2, -0.15) is 0 Å². The topological polar surface area (TPSA) is 69.7 Å². The van der Waals surface area contributed by atoms with Crippen LogP contribution in [0.5, 0.6) is 0 Å². The zero-order valence-electron chi connectivity index (χ0n) is 19.9. The molecule has 2 aromatic heterocycles. The fraction of sp³-hybridized carbons (Fsp3) is 0.640. The van der Waals surface area contributed by atoms with Gasteiger partial charge in [0.25, 0.3) is 0 Å². The number of rotatable bonds is 7. The first-order valence-corrected chi connectivity index (χ1v) is 12.6. The lowest BCUT2D eigenvalue weighted by Crippen LogP contribution is -2.44. The average Bonchev–Trinajstić information content (AvgIpc) is 2.87. The first kappa shape index (κ1) is 22.5. The molecule has 0 aromatic carbocycles. The van der Waals surface area contributed by atoms with Crippen molar-refractivity contribution < 1.29 is 4.74 Å². The van der Waals surface area contributed by atoms with E-state index in [0.29, 0.717) is 6.61 Å². The van der Waals surface area contributed by atoms with Crippen molar-refractivity contribution in [2.45, 2.75) is 38.7 Å². The van der Waals surface area contributed by atoms with Crippen LogP contribution in [0, 0.1) is 0 Å². The summed E-state index contributed by atoms with van der Waals surface area (Å²) < 4.78 is 5.72. The molecule has 0 aliphatic carbocycles. The Hall–Kier alpha value is -2.29. The number of likely N-dealkylation sites (N-methyl/N-ethyl adjacent to an activating group) is 1. The van der Waals surface area contributed by atoms with Gasteiger partial charge in [0.05, 0.1) is 18.9 Å². The van der Waals surface area contributed by atoms with Crippen LogP contribution in [0.1, 0.15) is 36.9 Å². The van der Waals surface area contributed by atoms with Gasteiger partial charge in [-0.05, 0) is 58.1 Å². The minimum atomic E-state index is 0.588. The maximum Gasteiger partial charge on any atom is 0.163 e. The van der Waals surface area contributed by atoms with Crippen LogP contribution in [0.4, 0.5) is 11.6 Å². The van der Waals surface area contributed by atoms with E-state index in [-0.39, 0.29) is 0 Å². The largest absolute Gasteiger partial charge is 0.376 e. The SMILES string of the molecule is CN1CCN(c2ccc(-c3nc4c(c(NCCCN5CCCCC5)n3)COCC4)cn2)CC1. The number of pyridine rings is 1. The zero-order valence-corrected chi connectivity index (χ0v) is 19.9. The molecule has 3 aliphatic rings. The number of ether oxygens (including phenoxy) is 1. The highest BCUT2D eigenvalue weighted by atomic mass is 16.5. The van der Waals surface area contributed by atoms with Crippen molar-refractivity contribution in [1.82, 2.24) is 24.8 Å². The fourth-order valence-electron chi connectivity index (χ4n) is 4.94. The number of likely N-dealkylation sites (tertiary alicyclic amines) is 1. The number of piperidine rings is 1. The summed E-state index contributed by atoms with van der Waals surface area (Å²) in [5.41, 5.74) is 3.19. The van der Waals surface area contributed by atoms with Crippen molar-refractivity contribution in [1.29, 1.82) is 0 Å². The maximum atomic E-state index is 5.72. The van der Waals surface area contributed by atoms with E-state index in [1.54, 1.807) is 0 Å². The molecule has 1 N–H and O–H groups in total. The zero-order chi connectivity index (χ0) is 22.5. The summed E-state index contributed by atoms with van der Waals surface area (Å²) in [4.78, 5) is 21.9. The number of aromatic nitrogens is 3. The Morgan fingerprint density at radius 3 is 2.64 bits per heavy atom. The smallest absolute Gasteiger partial charge is 0.163 e. The van der Waals surface area contributed by atoms with E-state index in [4.69, 9.17) is 19.7 Å². The van der Waals surface area contributed by atoms with Crippen molar-refractivity contribution in [3.63, 3.8) is 0 Å². The highest BCUT2D eigenvalue weighted by Gasteiger charge is 2.20. The Kier molecular flexibility index (Phi) is 7.34. The second kappa shape index (κ2) is 10.8. The molecule has 0 amide bonds. The molecule has 2 fully saturated rings. The molecule has 0 radical (unpaired) electrons. The molecule has 33 heavy (non-hydrogen) atoms. The van der Waals surface area contributed by atoms with E-state index in [1.807, 2.05) is 6.20 Å². The van der Waals surface area contributed by atoms with E-state index in [1.165, 1.54) is 32.4 Å². The molecular formula is C25H37N7O. The molecule has 2 saturated heterocycles. The minimum Gasteiger partial charge on any atom is -0.376 e. The predicted molar refractivity (Wildman–Crippen MR) is 132 cm³/mol. The fourth-order valence-corrected chi connectivity index (χ4v) is 4.94. The number of nitrogens with zero attached hydrogens (tertiary/aromatic N) is 6. The van der Waals surface area contributed by atoms with Gasteiger partial charge >= 0.3 is 0 Å². The number of hydrogen-bond donors (Lipinski definition) is 1. The van der Waals surface area contributed by atoms with Crippen LogP contribution in [0.3, 0.4) is 0 Å². The molecule has 8 heteroatoms. The molecular weight excluding hydrogens is 414 g/mol. The Labute approximate surface area is 197 Å². The number of fused-ring (bicyclic) bond motifs is 1. The number of hydrogen-bond acceptors (Lipinski definition) is 8. The highest BCUT2D eigenvalue weighted by molar-refractivity contribution is 5.61. The third-order valence-electron chi connectivity index (χ3n) is 7.05. The first-order chi connectivity index (χ1) is 16.3. The molecule has 5 heterocycles. The van der Waals surface area contributed by atoms with Crippen LogP contribution in [0.15, 0.2) is 18.3 Å². The van der Waals surface area contributed by atoms with E-state index >= 15 is 0 Å². The lowest BCUT2D eigenvalue weighted by atomic mass is 10.1. The molecule has 2 aromatic rings. The summed E-state index contributed by atoms with van der Waals surface area (Å²) in [6.07, 6.45) is 7.95. The molecule has 0 atom stereocenters. The third kappa shape index (κ3) is 5.62. The van der Waals surface area contributed by atoms with Crippen LogP contribution in [0.2, 0.25) is 0 Å². The number of piperazine rings is 1. The summed E-state index contributed by atoms with van der Waals surface area (Å²) in [5.74, 6) is 2.72. The number of nitrogens with one attached hydrogen (secondary N) is 1. The average molecular weight is 452 g/mol. The summed E-state index contributed by atoms with van der Waals surface area (Å²) in [6.45, 7) is 10.1. The first-order valence-electron chi connectivity index (χ1n) is 12.6. The van der Waals surface area contributed by atoms with Crippen LogP contribution in [-0.2, 0) is 17.8 Å². The van der Waals surface area contributed by atoms with Gasteiger partial charge in [-0.25, -0.2) is 15.0 Å². The van der Waals surface area contributed by atoms with Crippen molar-refractivity contribution in [2.24, 2.45) is 0 Å². The van der Waals surface area contributed by atoms with E-state index < -0.39 is 0 Å². The minimum absolute atomic E-state index is 0.588. The van der Waals surface area contributed by atoms with Gasteiger partial charge in [0.2, 0.25) is 0 Å². The summed E-state index contributed by atoms with van der Waals surface area (Å²) in [6, 6.07) is 4.22. The predicted octanol–water partition coefficient (Wildman–Crippen LogP) is 2.65. The van der Waals surface area contributed by atoms with E-state index in [0.717, 1.165) is 93.0 Å². The van der Waals surface area contributed by atoms with Gasteiger partial charge in [-0.15, -0.1) is 0 Å². The summed E-state index contributed by atoms with van der Waals surface area (Å²) in [7, 11) is 2.17. The second-order valence-corrected chi connectivity index (χ2v) is 9.50. The Morgan fingerprint density at radius 2 is 1.85 bits per heavy atom. The lowest BCUT2D eigenvalue weighted by molar-refractivity contribution is 0.109.